The van der Waals surface area contributed by atoms with Crippen LogP contribution in [0.15, 0.2) is 28.8 Å². The van der Waals surface area contributed by atoms with E-state index in [2.05, 4.69) is 20.8 Å². The molecule has 0 saturated heterocycles. The smallest absolute Gasteiger partial charge is 0.292 e. The van der Waals surface area contributed by atoms with Gasteiger partial charge in [-0.1, -0.05) is 11.2 Å². The number of fused-ring (bicyclic) bond motifs is 1. The van der Waals surface area contributed by atoms with E-state index >= 15 is 0 Å². The SMILES string of the molecule is Cc1cc(C)cc(NC(=O)c2nc(C(=O)Nc3cc(C)on3)n3c2CCCC3)c1. The van der Waals surface area contributed by atoms with Crippen LogP contribution in [-0.2, 0) is 13.0 Å². The van der Waals surface area contributed by atoms with E-state index < -0.39 is 5.91 Å². The van der Waals surface area contributed by atoms with Gasteiger partial charge < -0.3 is 19.7 Å². The van der Waals surface area contributed by atoms with Crippen molar-refractivity contribution >= 4 is 23.3 Å². The Balaban J connectivity index is 1.63. The van der Waals surface area contributed by atoms with E-state index in [1.54, 1.807) is 13.0 Å². The molecule has 2 amide bonds. The second-order valence-corrected chi connectivity index (χ2v) is 7.45. The predicted octanol–water partition coefficient (Wildman–Crippen LogP) is 3.64. The molecule has 150 valence electrons. The van der Waals surface area contributed by atoms with E-state index in [1.807, 2.05) is 36.6 Å². The highest BCUT2D eigenvalue weighted by Crippen LogP contribution is 2.23. The summed E-state index contributed by atoms with van der Waals surface area (Å²) in [7, 11) is 0. The van der Waals surface area contributed by atoms with E-state index in [0.717, 1.165) is 29.7 Å². The number of amides is 2. The molecule has 1 aliphatic rings. The molecule has 8 heteroatoms. The third-order valence-electron chi connectivity index (χ3n) is 4.89. The molecule has 0 spiro atoms. The van der Waals surface area contributed by atoms with Crippen molar-refractivity contribution in [1.29, 1.82) is 0 Å². The number of hydrogen-bond acceptors (Lipinski definition) is 5. The van der Waals surface area contributed by atoms with Gasteiger partial charge in [0.15, 0.2) is 17.3 Å². The number of imidazole rings is 1. The fourth-order valence-electron chi connectivity index (χ4n) is 3.73. The van der Waals surface area contributed by atoms with Crippen LogP contribution < -0.4 is 10.6 Å². The van der Waals surface area contributed by atoms with Gasteiger partial charge in [0.05, 0.1) is 5.69 Å². The van der Waals surface area contributed by atoms with Crippen LogP contribution in [0.3, 0.4) is 0 Å². The second kappa shape index (κ2) is 7.54. The zero-order chi connectivity index (χ0) is 20.5. The van der Waals surface area contributed by atoms with E-state index in [9.17, 15) is 9.59 Å². The van der Waals surface area contributed by atoms with Crippen LogP contribution >= 0.6 is 0 Å². The summed E-state index contributed by atoms with van der Waals surface area (Å²) < 4.78 is 6.82. The third kappa shape index (κ3) is 3.91. The van der Waals surface area contributed by atoms with Crippen LogP contribution in [0.5, 0.6) is 0 Å². The predicted molar refractivity (Wildman–Crippen MR) is 108 cm³/mol. The first-order chi connectivity index (χ1) is 13.9. The topological polar surface area (TPSA) is 102 Å². The highest BCUT2D eigenvalue weighted by molar-refractivity contribution is 6.06. The molecule has 0 unspecified atom stereocenters. The highest BCUT2D eigenvalue weighted by atomic mass is 16.5. The van der Waals surface area contributed by atoms with Crippen LogP contribution in [0.25, 0.3) is 0 Å². The molecule has 0 saturated carbocycles. The molecule has 0 radical (unpaired) electrons. The number of aromatic nitrogens is 3. The Morgan fingerprint density at radius 2 is 1.76 bits per heavy atom. The second-order valence-electron chi connectivity index (χ2n) is 7.45. The summed E-state index contributed by atoms with van der Waals surface area (Å²) >= 11 is 0. The summed E-state index contributed by atoms with van der Waals surface area (Å²) in [4.78, 5) is 30.1. The lowest BCUT2D eigenvalue weighted by Crippen LogP contribution is -2.21. The van der Waals surface area contributed by atoms with Crippen molar-refractivity contribution in [2.24, 2.45) is 0 Å². The molecule has 1 aromatic carbocycles. The van der Waals surface area contributed by atoms with Gasteiger partial charge in [-0.05, 0) is 63.3 Å². The van der Waals surface area contributed by atoms with Crippen molar-refractivity contribution in [3.05, 3.63) is 58.4 Å². The molecular formula is C21H23N5O3. The number of carbonyl (C=O) groups excluding carboxylic acids is 2. The lowest BCUT2D eigenvalue weighted by molar-refractivity contribution is 0.101. The molecule has 4 rings (SSSR count). The highest BCUT2D eigenvalue weighted by Gasteiger charge is 2.28. The van der Waals surface area contributed by atoms with E-state index in [-0.39, 0.29) is 11.7 Å². The zero-order valence-electron chi connectivity index (χ0n) is 16.7. The molecule has 0 fully saturated rings. The Kier molecular flexibility index (Phi) is 4.92. The lowest BCUT2D eigenvalue weighted by Gasteiger charge is -2.17. The van der Waals surface area contributed by atoms with Gasteiger partial charge in [-0.3, -0.25) is 9.59 Å². The van der Waals surface area contributed by atoms with Crippen LogP contribution in [0.4, 0.5) is 11.5 Å². The van der Waals surface area contributed by atoms with Crippen LogP contribution in [0, 0.1) is 20.8 Å². The maximum Gasteiger partial charge on any atom is 0.292 e. The number of anilines is 2. The van der Waals surface area contributed by atoms with Gasteiger partial charge in [-0.25, -0.2) is 4.98 Å². The number of benzene rings is 1. The minimum atomic E-state index is -0.410. The van der Waals surface area contributed by atoms with Gasteiger partial charge in [-0.15, -0.1) is 0 Å². The summed E-state index contributed by atoms with van der Waals surface area (Å²) in [6, 6.07) is 7.50. The van der Waals surface area contributed by atoms with Crippen molar-refractivity contribution in [2.45, 2.75) is 46.6 Å². The largest absolute Gasteiger partial charge is 0.360 e. The number of hydrogen-bond donors (Lipinski definition) is 2. The first-order valence-corrected chi connectivity index (χ1v) is 9.64. The molecular weight excluding hydrogens is 370 g/mol. The summed E-state index contributed by atoms with van der Waals surface area (Å²) in [6.45, 7) is 6.36. The molecule has 3 aromatic rings. The van der Waals surface area contributed by atoms with Gasteiger partial charge in [-0.2, -0.15) is 0 Å². The van der Waals surface area contributed by atoms with Crippen molar-refractivity contribution in [2.75, 3.05) is 10.6 Å². The van der Waals surface area contributed by atoms with E-state index in [1.165, 1.54) is 0 Å². The number of carbonyl (C=O) groups is 2. The Bertz CT molecular complexity index is 1080. The Morgan fingerprint density at radius 3 is 2.45 bits per heavy atom. The molecule has 8 nitrogen and oxygen atoms in total. The van der Waals surface area contributed by atoms with Crippen molar-refractivity contribution < 1.29 is 14.1 Å². The summed E-state index contributed by atoms with van der Waals surface area (Å²) in [5, 5.41) is 9.39. The maximum atomic E-state index is 13.0. The zero-order valence-corrected chi connectivity index (χ0v) is 16.7. The molecule has 0 aliphatic carbocycles. The quantitative estimate of drug-likeness (QED) is 0.705. The fraction of sp³-hybridized carbons (Fsp3) is 0.333. The normalized spacial score (nSPS) is 13.1. The van der Waals surface area contributed by atoms with Gasteiger partial charge >= 0.3 is 0 Å². The number of rotatable bonds is 4. The average Bonchev–Trinajstić information content (AvgIpc) is 3.24. The number of aryl methyl sites for hydroxylation is 3. The summed E-state index contributed by atoms with van der Waals surface area (Å²) in [6.07, 6.45) is 2.60. The van der Waals surface area contributed by atoms with Crippen LogP contribution in [0.1, 0.15) is 56.5 Å². The molecule has 0 atom stereocenters. The van der Waals surface area contributed by atoms with Gasteiger partial charge in [0.2, 0.25) is 0 Å². The molecule has 0 bridgehead atoms. The van der Waals surface area contributed by atoms with Gasteiger partial charge in [0.1, 0.15) is 5.76 Å². The summed E-state index contributed by atoms with van der Waals surface area (Å²) in [5.41, 5.74) is 3.93. The van der Waals surface area contributed by atoms with Crippen LogP contribution in [0.2, 0.25) is 0 Å². The van der Waals surface area contributed by atoms with E-state index in [4.69, 9.17) is 4.52 Å². The maximum absolute atomic E-state index is 13.0. The third-order valence-corrected chi connectivity index (χ3v) is 4.89. The molecule has 3 heterocycles. The minimum absolute atomic E-state index is 0.214. The number of nitrogens with one attached hydrogen (secondary N) is 2. The van der Waals surface area contributed by atoms with Crippen molar-refractivity contribution in [3.8, 4) is 0 Å². The Hall–Kier alpha value is -3.42. The standard InChI is InChI=1S/C21H23N5O3/c1-12-8-13(2)10-15(9-12)22-20(27)18-16-6-4-5-7-26(16)19(24-18)21(28)23-17-11-14(3)29-25-17/h8-11H,4-7H2,1-3H3,(H,22,27)(H,23,25,28). The Morgan fingerprint density at radius 1 is 1.00 bits per heavy atom. The molecule has 2 N–H and O–H groups in total. The van der Waals surface area contributed by atoms with Gasteiger partial charge in [0, 0.05) is 18.3 Å². The van der Waals surface area contributed by atoms with E-state index in [0.29, 0.717) is 35.9 Å². The van der Waals surface area contributed by atoms with Crippen molar-refractivity contribution in [3.63, 3.8) is 0 Å². The first-order valence-electron chi connectivity index (χ1n) is 9.64. The monoisotopic (exact) mass is 393 g/mol. The Labute approximate surface area is 168 Å². The molecule has 1 aliphatic heterocycles. The fourth-order valence-corrected chi connectivity index (χ4v) is 3.73. The molecule has 29 heavy (non-hydrogen) atoms. The van der Waals surface area contributed by atoms with Crippen molar-refractivity contribution in [1.82, 2.24) is 14.7 Å². The first kappa shape index (κ1) is 18.9. The minimum Gasteiger partial charge on any atom is -0.360 e. The average molecular weight is 393 g/mol. The van der Waals surface area contributed by atoms with Crippen LogP contribution in [-0.4, -0.2) is 26.5 Å². The lowest BCUT2D eigenvalue weighted by atomic mass is 10.1. The summed E-state index contributed by atoms with van der Waals surface area (Å²) in [5.74, 6) is 0.413. The van der Waals surface area contributed by atoms with Gasteiger partial charge in [0.25, 0.3) is 11.8 Å². The number of nitrogens with zero attached hydrogens (tertiary/aromatic N) is 3. The molecule has 2 aromatic heterocycles.